The molecule has 0 aromatic heterocycles. The summed E-state index contributed by atoms with van der Waals surface area (Å²) in [5.41, 5.74) is 0.533. The zero-order valence-corrected chi connectivity index (χ0v) is 12.0. The molecule has 0 saturated carbocycles. The van der Waals surface area contributed by atoms with Gasteiger partial charge in [-0.25, -0.2) is 8.42 Å². The van der Waals surface area contributed by atoms with E-state index in [1.807, 2.05) is 0 Å². The van der Waals surface area contributed by atoms with E-state index in [4.69, 9.17) is 9.84 Å². The summed E-state index contributed by atoms with van der Waals surface area (Å²) in [6.45, 7) is 0.404. The van der Waals surface area contributed by atoms with Crippen LogP contribution in [0.1, 0.15) is 18.4 Å². The first-order valence-electron chi connectivity index (χ1n) is 6.30. The van der Waals surface area contributed by atoms with Gasteiger partial charge in [-0.05, 0) is 24.5 Å². The van der Waals surface area contributed by atoms with Gasteiger partial charge in [0.15, 0.2) is 0 Å². The molecule has 1 aliphatic heterocycles. The molecule has 1 aromatic rings. The number of carboxylic acids is 1. The Balaban J connectivity index is 2.42. The van der Waals surface area contributed by atoms with Crippen LogP contribution in [-0.2, 0) is 26.2 Å². The lowest BCUT2D eigenvalue weighted by molar-refractivity contribution is -0.140. The van der Waals surface area contributed by atoms with Crippen LogP contribution in [0.25, 0.3) is 0 Å². The Morgan fingerprint density at radius 3 is 2.80 bits per heavy atom. The number of rotatable bonds is 5. The normalized spacial score (nSPS) is 20.1. The molecule has 0 amide bonds. The van der Waals surface area contributed by atoms with Crippen LogP contribution in [0.3, 0.4) is 0 Å². The number of hydrogen-bond acceptors (Lipinski definition) is 4. The molecule has 1 fully saturated rings. The Kier molecular flexibility index (Phi) is 4.42. The summed E-state index contributed by atoms with van der Waals surface area (Å²) in [5.74, 6) is -1.10. The van der Waals surface area contributed by atoms with Crippen LogP contribution in [0.4, 0.5) is 0 Å². The fourth-order valence-corrected chi connectivity index (χ4v) is 4.29. The van der Waals surface area contributed by atoms with Crippen molar-refractivity contribution in [2.75, 3.05) is 13.7 Å². The van der Waals surface area contributed by atoms with Gasteiger partial charge >= 0.3 is 5.97 Å². The van der Waals surface area contributed by atoms with Crippen molar-refractivity contribution in [2.45, 2.75) is 30.4 Å². The van der Waals surface area contributed by atoms with E-state index in [1.54, 1.807) is 18.2 Å². The molecule has 1 heterocycles. The molecule has 1 aliphatic rings. The van der Waals surface area contributed by atoms with Gasteiger partial charge in [0.25, 0.3) is 0 Å². The highest BCUT2D eigenvalue weighted by atomic mass is 32.2. The summed E-state index contributed by atoms with van der Waals surface area (Å²) in [6.07, 6.45) is 0.906. The van der Waals surface area contributed by atoms with Crippen molar-refractivity contribution >= 4 is 16.0 Å². The lowest BCUT2D eigenvalue weighted by Crippen LogP contribution is -2.40. The Hall–Kier alpha value is -1.44. The van der Waals surface area contributed by atoms with Crippen molar-refractivity contribution in [3.05, 3.63) is 29.8 Å². The molecule has 7 heteroatoms. The van der Waals surface area contributed by atoms with Crippen LogP contribution >= 0.6 is 0 Å². The highest BCUT2D eigenvalue weighted by molar-refractivity contribution is 7.89. The Labute approximate surface area is 118 Å². The standard InChI is InChI=1S/C13H17NO5S/c1-19-9-10-5-2-3-7-12(10)20(17,18)14-8-4-6-11(14)13(15)16/h2-3,5,7,11H,4,6,8-9H2,1H3,(H,15,16). The number of hydrogen-bond donors (Lipinski definition) is 1. The zero-order chi connectivity index (χ0) is 14.8. The molecule has 6 nitrogen and oxygen atoms in total. The molecule has 110 valence electrons. The van der Waals surface area contributed by atoms with Gasteiger partial charge in [-0.2, -0.15) is 4.31 Å². The fourth-order valence-electron chi connectivity index (χ4n) is 2.43. The number of ether oxygens (including phenoxy) is 1. The summed E-state index contributed by atoms with van der Waals surface area (Å²) >= 11 is 0. The molecule has 0 radical (unpaired) electrons. The predicted octanol–water partition coefficient (Wildman–Crippen LogP) is 1.07. The van der Waals surface area contributed by atoms with Gasteiger partial charge in [0.1, 0.15) is 6.04 Å². The van der Waals surface area contributed by atoms with E-state index in [0.717, 1.165) is 4.31 Å². The van der Waals surface area contributed by atoms with E-state index in [-0.39, 0.29) is 18.0 Å². The zero-order valence-electron chi connectivity index (χ0n) is 11.2. The van der Waals surface area contributed by atoms with Crippen LogP contribution in [0.15, 0.2) is 29.2 Å². The highest BCUT2D eigenvalue weighted by Crippen LogP contribution is 2.28. The summed E-state index contributed by atoms with van der Waals surface area (Å²) in [4.78, 5) is 11.3. The summed E-state index contributed by atoms with van der Waals surface area (Å²) in [7, 11) is -2.33. The van der Waals surface area contributed by atoms with E-state index in [1.165, 1.54) is 13.2 Å². The van der Waals surface area contributed by atoms with Crippen LogP contribution < -0.4 is 0 Å². The number of aliphatic carboxylic acids is 1. The lowest BCUT2D eigenvalue weighted by atomic mass is 10.2. The molecule has 1 N–H and O–H groups in total. The van der Waals surface area contributed by atoms with Crippen LogP contribution in [0.5, 0.6) is 0 Å². The third kappa shape index (κ3) is 2.70. The predicted molar refractivity (Wildman–Crippen MR) is 71.7 cm³/mol. The molecule has 1 atom stereocenters. The van der Waals surface area contributed by atoms with Gasteiger partial charge < -0.3 is 9.84 Å². The third-order valence-corrected chi connectivity index (χ3v) is 5.36. The topological polar surface area (TPSA) is 83.9 Å². The Morgan fingerprint density at radius 1 is 1.45 bits per heavy atom. The second-order valence-electron chi connectivity index (χ2n) is 4.65. The number of methoxy groups -OCH3 is 1. The maximum Gasteiger partial charge on any atom is 0.322 e. The minimum atomic E-state index is -3.81. The molecule has 20 heavy (non-hydrogen) atoms. The first-order chi connectivity index (χ1) is 9.48. The van der Waals surface area contributed by atoms with Gasteiger partial charge in [-0.1, -0.05) is 18.2 Å². The van der Waals surface area contributed by atoms with Crippen LogP contribution in [-0.4, -0.2) is 43.5 Å². The molecule has 0 spiro atoms. The Bertz CT molecular complexity index is 599. The molecular weight excluding hydrogens is 282 g/mol. The minimum absolute atomic E-state index is 0.120. The number of sulfonamides is 1. The largest absolute Gasteiger partial charge is 0.480 e. The molecule has 1 saturated heterocycles. The molecule has 0 bridgehead atoms. The van der Waals surface area contributed by atoms with Crippen molar-refractivity contribution in [1.29, 1.82) is 0 Å². The lowest BCUT2D eigenvalue weighted by Gasteiger charge is -2.22. The molecule has 0 aliphatic carbocycles. The molecule has 1 unspecified atom stereocenters. The van der Waals surface area contributed by atoms with Crippen LogP contribution in [0.2, 0.25) is 0 Å². The van der Waals surface area contributed by atoms with E-state index in [9.17, 15) is 13.2 Å². The third-order valence-electron chi connectivity index (χ3n) is 3.35. The minimum Gasteiger partial charge on any atom is -0.480 e. The summed E-state index contributed by atoms with van der Waals surface area (Å²) in [6, 6.07) is 5.53. The average molecular weight is 299 g/mol. The van der Waals surface area contributed by atoms with E-state index in [0.29, 0.717) is 18.4 Å². The van der Waals surface area contributed by atoms with Crippen molar-refractivity contribution in [3.8, 4) is 0 Å². The molecule has 1 aromatic carbocycles. The van der Waals surface area contributed by atoms with Crippen molar-refractivity contribution in [2.24, 2.45) is 0 Å². The molecule has 2 rings (SSSR count). The summed E-state index contributed by atoms with van der Waals surface area (Å²) < 4.78 is 31.4. The maximum absolute atomic E-state index is 12.7. The first-order valence-corrected chi connectivity index (χ1v) is 7.74. The van der Waals surface area contributed by atoms with Crippen molar-refractivity contribution in [3.63, 3.8) is 0 Å². The van der Waals surface area contributed by atoms with Gasteiger partial charge in [0, 0.05) is 13.7 Å². The van der Waals surface area contributed by atoms with Gasteiger partial charge in [-0.15, -0.1) is 0 Å². The number of nitrogens with zero attached hydrogens (tertiary/aromatic N) is 1. The smallest absolute Gasteiger partial charge is 0.322 e. The van der Waals surface area contributed by atoms with E-state index in [2.05, 4.69) is 0 Å². The average Bonchev–Trinajstić information content (AvgIpc) is 2.89. The Morgan fingerprint density at radius 2 is 2.15 bits per heavy atom. The SMILES string of the molecule is COCc1ccccc1S(=O)(=O)N1CCCC1C(=O)O. The van der Waals surface area contributed by atoms with E-state index < -0.39 is 22.0 Å². The number of carboxylic acid groups (broad SMARTS) is 1. The van der Waals surface area contributed by atoms with Gasteiger partial charge in [0.2, 0.25) is 10.0 Å². The van der Waals surface area contributed by atoms with Crippen LogP contribution in [0, 0.1) is 0 Å². The second kappa shape index (κ2) is 5.90. The summed E-state index contributed by atoms with van der Waals surface area (Å²) in [5, 5.41) is 9.14. The second-order valence-corrected chi connectivity index (χ2v) is 6.51. The number of benzene rings is 1. The van der Waals surface area contributed by atoms with Crippen molar-refractivity contribution in [1.82, 2.24) is 4.31 Å². The number of carbonyl (C=O) groups is 1. The highest BCUT2D eigenvalue weighted by Gasteiger charge is 2.40. The fraction of sp³-hybridized carbons (Fsp3) is 0.462. The monoisotopic (exact) mass is 299 g/mol. The molecular formula is C13H17NO5S. The van der Waals surface area contributed by atoms with Crippen molar-refractivity contribution < 1.29 is 23.1 Å². The van der Waals surface area contributed by atoms with Gasteiger partial charge in [-0.3, -0.25) is 4.79 Å². The van der Waals surface area contributed by atoms with Gasteiger partial charge in [0.05, 0.1) is 11.5 Å². The first kappa shape index (κ1) is 15.0. The quantitative estimate of drug-likeness (QED) is 0.879. The van der Waals surface area contributed by atoms with E-state index >= 15 is 0 Å². The maximum atomic E-state index is 12.7.